The fourth-order valence-electron chi connectivity index (χ4n) is 2.40. The minimum Gasteiger partial charge on any atom is -0.308 e. The summed E-state index contributed by atoms with van der Waals surface area (Å²) in [5.74, 6) is 0. The lowest BCUT2D eigenvalue weighted by molar-refractivity contribution is 0.661. The largest absolute Gasteiger partial charge is 0.308 e. The second-order valence-corrected chi connectivity index (χ2v) is 6.43. The molecule has 0 saturated heterocycles. The van der Waals surface area contributed by atoms with Crippen LogP contribution in [-0.2, 0) is 6.54 Å². The minimum absolute atomic E-state index is 0.703. The minimum atomic E-state index is 0.703. The molecule has 1 saturated carbocycles. The molecule has 1 aliphatic rings. The van der Waals surface area contributed by atoms with Gasteiger partial charge in [0.25, 0.3) is 0 Å². The summed E-state index contributed by atoms with van der Waals surface area (Å²) in [6, 6.07) is 17.3. The van der Waals surface area contributed by atoms with Crippen molar-refractivity contribution in [3.8, 4) is 0 Å². The maximum Gasteiger partial charge on any atom is 0.138 e. The Kier molecular flexibility index (Phi) is 3.41. The van der Waals surface area contributed by atoms with Gasteiger partial charge in [-0.25, -0.2) is 4.98 Å². The second-order valence-electron chi connectivity index (χ2n) is 5.36. The van der Waals surface area contributed by atoms with Gasteiger partial charge in [-0.05, 0) is 37.1 Å². The first-order valence-corrected chi connectivity index (χ1v) is 8.14. The van der Waals surface area contributed by atoms with E-state index in [0.29, 0.717) is 6.04 Å². The van der Waals surface area contributed by atoms with Gasteiger partial charge >= 0.3 is 0 Å². The number of aromatic nitrogens is 2. The number of fused-ring (bicyclic) bond motifs is 1. The van der Waals surface area contributed by atoms with E-state index in [1.165, 1.54) is 23.4 Å². The van der Waals surface area contributed by atoms with Gasteiger partial charge in [-0.2, -0.15) is 0 Å². The lowest BCUT2D eigenvalue weighted by Crippen LogP contribution is -2.17. The van der Waals surface area contributed by atoms with E-state index in [4.69, 9.17) is 4.98 Å². The normalized spacial score (nSPS) is 14.7. The number of hydrogen-bond donors (Lipinski definition) is 1. The standard InChI is InChI=1S/C17H17N3S/c1-2-6-14(7-3-1)21-17-15(12-18-13-9-10-13)20-11-5-4-8-16(20)19-17/h1-8,11,13,18H,9-10,12H2. The smallest absolute Gasteiger partial charge is 0.138 e. The molecule has 0 bridgehead atoms. The first kappa shape index (κ1) is 12.9. The molecule has 0 atom stereocenters. The fourth-order valence-corrected chi connectivity index (χ4v) is 3.34. The van der Waals surface area contributed by atoms with Gasteiger partial charge in [0.05, 0.1) is 5.69 Å². The molecule has 1 N–H and O–H groups in total. The molecule has 1 aliphatic carbocycles. The predicted octanol–water partition coefficient (Wildman–Crippen LogP) is 3.74. The van der Waals surface area contributed by atoms with E-state index in [1.807, 2.05) is 12.1 Å². The summed E-state index contributed by atoms with van der Waals surface area (Å²) in [4.78, 5) is 6.02. The van der Waals surface area contributed by atoms with E-state index < -0.39 is 0 Å². The molecule has 3 aromatic rings. The SMILES string of the molecule is c1ccc(Sc2nc3ccccn3c2CNC2CC2)cc1. The Morgan fingerprint density at radius 1 is 1.10 bits per heavy atom. The summed E-state index contributed by atoms with van der Waals surface area (Å²) in [7, 11) is 0. The highest BCUT2D eigenvalue weighted by molar-refractivity contribution is 7.99. The molecule has 106 valence electrons. The molecule has 0 unspecified atom stereocenters. The molecule has 0 radical (unpaired) electrons. The summed E-state index contributed by atoms with van der Waals surface area (Å²) in [5.41, 5.74) is 2.27. The van der Waals surface area contributed by atoms with Crippen LogP contribution in [0.4, 0.5) is 0 Å². The van der Waals surface area contributed by atoms with Gasteiger partial charge in [0.1, 0.15) is 10.7 Å². The van der Waals surface area contributed by atoms with Crippen molar-refractivity contribution < 1.29 is 0 Å². The zero-order chi connectivity index (χ0) is 14.1. The van der Waals surface area contributed by atoms with Gasteiger partial charge in [0.15, 0.2) is 0 Å². The molecule has 3 nitrogen and oxygen atoms in total. The van der Waals surface area contributed by atoms with Crippen molar-refractivity contribution in [1.82, 2.24) is 14.7 Å². The Bertz CT molecular complexity index is 747. The van der Waals surface area contributed by atoms with Crippen LogP contribution in [0.5, 0.6) is 0 Å². The van der Waals surface area contributed by atoms with Crippen LogP contribution < -0.4 is 5.32 Å². The van der Waals surface area contributed by atoms with E-state index in [9.17, 15) is 0 Å². The van der Waals surface area contributed by atoms with Gasteiger partial charge in [0, 0.05) is 23.7 Å². The number of rotatable bonds is 5. The number of nitrogens with one attached hydrogen (secondary N) is 1. The maximum absolute atomic E-state index is 4.79. The zero-order valence-electron chi connectivity index (χ0n) is 11.7. The molecule has 2 aromatic heterocycles. The third-order valence-corrected chi connectivity index (χ3v) is 4.71. The fraction of sp³-hybridized carbons (Fsp3) is 0.235. The topological polar surface area (TPSA) is 29.3 Å². The van der Waals surface area contributed by atoms with E-state index in [2.05, 4.69) is 52.3 Å². The lowest BCUT2D eigenvalue weighted by atomic mass is 10.4. The van der Waals surface area contributed by atoms with Gasteiger partial charge in [0.2, 0.25) is 0 Å². The summed E-state index contributed by atoms with van der Waals surface area (Å²) in [6.45, 7) is 0.880. The monoisotopic (exact) mass is 295 g/mol. The van der Waals surface area contributed by atoms with Crippen molar-refractivity contribution in [3.05, 3.63) is 60.4 Å². The third-order valence-electron chi connectivity index (χ3n) is 3.69. The van der Waals surface area contributed by atoms with Gasteiger partial charge < -0.3 is 9.72 Å². The summed E-state index contributed by atoms with van der Waals surface area (Å²) in [6.07, 6.45) is 4.71. The summed E-state index contributed by atoms with van der Waals surface area (Å²) >= 11 is 1.74. The van der Waals surface area contributed by atoms with E-state index in [1.54, 1.807) is 11.8 Å². The quantitative estimate of drug-likeness (QED) is 0.777. The Morgan fingerprint density at radius 3 is 2.71 bits per heavy atom. The summed E-state index contributed by atoms with van der Waals surface area (Å²) < 4.78 is 2.20. The molecule has 4 rings (SSSR count). The van der Waals surface area contributed by atoms with Crippen molar-refractivity contribution in [1.29, 1.82) is 0 Å². The highest BCUT2D eigenvalue weighted by Crippen LogP contribution is 2.31. The van der Waals surface area contributed by atoms with E-state index in [0.717, 1.165) is 17.2 Å². The molecule has 0 amide bonds. The molecule has 4 heteroatoms. The van der Waals surface area contributed by atoms with Crippen molar-refractivity contribution in [2.75, 3.05) is 0 Å². The first-order valence-electron chi connectivity index (χ1n) is 7.32. The Hall–Kier alpha value is -1.78. The van der Waals surface area contributed by atoms with Crippen molar-refractivity contribution in [2.24, 2.45) is 0 Å². The van der Waals surface area contributed by atoms with Crippen molar-refractivity contribution in [2.45, 2.75) is 35.3 Å². The highest BCUT2D eigenvalue weighted by Gasteiger charge is 2.22. The maximum atomic E-state index is 4.79. The van der Waals surface area contributed by atoms with Crippen LogP contribution in [0.25, 0.3) is 5.65 Å². The molecule has 2 heterocycles. The number of benzene rings is 1. The third kappa shape index (κ3) is 2.82. The van der Waals surface area contributed by atoms with Gasteiger partial charge in [-0.3, -0.25) is 0 Å². The van der Waals surface area contributed by atoms with Gasteiger partial charge in [-0.1, -0.05) is 36.0 Å². The van der Waals surface area contributed by atoms with Crippen LogP contribution in [0.15, 0.2) is 64.6 Å². The molecular weight excluding hydrogens is 278 g/mol. The molecule has 0 spiro atoms. The first-order chi connectivity index (χ1) is 10.4. The van der Waals surface area contributed by atoms with Crippen LogP contribution in [-0.4, -0.2) is 15.4 Å². The van der Waals surface area contributed by atoms with Crippen LogP contribution in [0.3, 0.4) is 0 Å². The Balaban J connectivity index is 1.69. The molecule has 1 aromatic carbocycles. The predicted molar refractivity (Wildman–Crippen MR) is 85.6 cm³/mol. The average molecular weight is 295 g/mol. The highest BCUT2D eigenvalue weighted by atomic mass is 32.2. The molecule has 0 aliphatic heterocycles. The van der Waals surface area contributed by atoms with Crippen molar-refractivity contribution >= 4 is 17.4 Å². The van der Waals surface area contributed by atoms with Crippen LogP contribution in [0.1, 0.15) is 18.5 Å². The summed E-state index contributed by atoms with van der Waals surface area (Å²) in [5, 5.41) is 4.70. The Morgan fingerprint density at radius 2 is 1.90 bits per heavy atom. The van der Waals surface area contributed by atoms with Crippen LogP contribution in [0, 0.1) is 0 Å². The number of imidazole rings is 1. The lowest BCUT2D eigenvalue weighted by Gasteiger charge is -2.06. The molecule has 1 fully saturated rings. The molecular formula is C17H17N3S. The zero-order valence-corrected chi connectivity index (χ0v) is 12.5. The van der Waals surface area contributed by atoms with E-state index >= 15 is 0 Å². The number of nitrogens with zero attached hydrogens (tertiary/aromatic N) is 2. The average Bonchev–Trinajstić information content (AvgIpc) is 3.28. The number of hydrogen-bond acceptors (Lipinski definition) is 3. The second kappa shape index (κ2) is 5.54. The van der Waals surface area contributed by atoms with Crippen LogP contribution >= 0.6 is 11.8 Å². The van der Waals surface area contributed by atoms with Gasteiger partial charge in [-0.15, -0.1) is 0 Å². The number of pyridine rings is 1. The van der Waals surface area contributed by atoms with Crippen molar-refractivity contribution in [3.63, 3.8) is 0 Å². The molecule has 21 heavy (non-hydrogen) atoms. The Labute approximate surface area is 128 Å². The van der Waals surface area contributed by atoms with Crippen LogP contribution in [0.2, 0.25) is 0 Å². The van der Waals surface area contributed by atoms with E-state index in [-0.39, 0.29) is 0 Å².